The fourth-order valence-electron chi connectivity index (χ4n) is 8.12. The fourth-order valence-corrected chi connectivity index (χ4v) is 8.12. The Hall–Kier alpha value is -1.16. The summed E-state index contributed by atoms with van der Waals surface area (Å²) >= 11 is 0. The Morgan fingerprint density at radius 3 is 2.66 bits per heavy atom. The number of carbonyl (C=O) groups excluding carboxylic acids is 2. The van der Waals surface area contributed by atoms with Crippen molar-refractivity contribution in [2.75, 3.05) is 6.61 Å². The van der Waals surface area contributed by atoms with Crippen molar-refractivity contribution in [1.29, 1.82) is 0 Å². The molecule has 1 N–H and O–H groups in total. The Kier molecular flexibility index (Phi) is 5.46. The number of aliphatic hydroxyl groups is 1. The lowest BCUT2D eigenvalue weighted by atomic mass is 9.44. The quantitative estimate of drug-likeness (QED) is 0.693. The van der Waals surface area contributed by atoms with Crippen LogP contribution in [-0.2, 0) is 14.3 Å². The van der Waals surface area contributed by atoms with Crippen LogP contribution in [0.4, 0.5) is 0 Å². The molecular formula is C25H38O4. The highest BCUT2D eigenvalue weighted by Gasteiger charge is 2.62. The molecule has 0 amide bonds. The zero-order valence-electron chi connectivity index (χ0n) is 18.6. The number of esters is 1. The largest absolute Gasteiger partial charge is 0.466 e. The molecule has 162 valence electrons. The predicted molar refractivity (Wildman–Crippen MR) is 112 cm³/mol. The number of hydrogen-bond acceptors (Lipinski definition) is 4. The zero-order chi connectivity index (χ0) is 21.0. The van der Waals surface area contributed by atoms with Gasteiger partial charge in [-0.15, -0.1) is 0 Å². The van der Waals surface area contributed by atoms with Crippen LogP contribution in [0.2, 0.25) is 0 Å². The van der Waals surface area contributed by atoms with Gasteiger partial charge in [-0.1, -0.05) is 26.3 Å². The van der Waals surface area contributed by atoms with Gasteiger partial charge in [0.2, 0.25) is 0 Å². The molecular weight excluding hydrogens is 364 g/mol. The number of ether oxygens (including phenoxy) is 1. The summed E-state index contributed by atoms with van der Waals surface area (Å²) in [4.78, 5) is 23.4. The van der Waals surface area contributed by atoms with E-state index in [1.807, 2.05) is 6.08 Å². The van der Waals surface area contributed by atoms with Crippen molar-refractivity contribution in [2.45, 2.75) is 85.2 Å². The van der Waals surface area contributed by atoms with Gasteiger partial charge in [0.25, 0.3) is 0 Å². The van der Waals surface area contributed by atoms with Gasteiger partial charge in [-0.05, 0) is 85.5 Å². The van der Waals surface area contributed by atoms with Gasteiger partial charge >= 0.3 is 5.97 Å². The zero-order valence-corrected chi connectivity index (χ0v) is 18.6. The average molecular weight is 403 g/mol. The SMILES string of the molecule is CC[C@@H]1C2=CC(=O)CC[C@]2(C)C2CC[C@@]3(C)C(CC[C@@H]3CCOC(C)=O)C2[C@H]1O. The molecule has 0 aromatic rings. The first kappa shape index (κ1) is 21.1. The summed E-state index contributed by atoms with van der Waals surface area (Å²) in [5, 5.41) is 11.6. The molecule has 0 spiro atoms. The van der Waals surface area contributed by atoms with Crippen molar-refractivity contribution in [3.63, 3.8) is 0 Å². The van der Waals surface area contributed by atoms with Gasteiger partial charge in [-0.2, -0.15) is 0 Å². The minimum atomic E-state index is -0.341. The summed E-state index contributed by atoms with van der Waals surface area (Å²) in [6, 6.07) is 0. The van der Waals surface area contributed by atoms with Crippen LogP contribution in [0.1, 0.15) is 79.1 Å². The second-order valence-corrected chi connectivity index (χ2v) is 10.7. The molecule has 0 saturated heterocycles. The summed E-state index contributed by atoms with van der Waals surface area (Å²) in [7, 11) is 0. The van der Waals surface area contributed by atoms with E-state index < -0.39 is 0 Å². The molecule has 4 heteroatoms. The molecule has 4 rings (SSSR count). The van der Waals surface area contributed by atoms with Crippen molar-refractivity contribution < 1.29 is 19.4 Å². The molecule has 3 unspecified atom stereocenters. The van der Waals surface area contributed by atoms with Crippen LogP contribution in [0.25, 0.3) is 0 Å². The van der Waals surface area contributed by atoms with Crippen LogP contribution in [-0.4, -0.2) is 29.6 Å². The number of fused-ring (bicyclic) bond motifs is 5. The summed E-state index contributed by atoms with van der Waals surface area (Å²) in [6.07, 6.45) is 9.67. The highest BCUT2D eigenvalue weighted by Crippen LogP contribution is 2.68. The maximum Gasteiger partial charge on any atom is 0.302 e. The second-order valence-electron chi connectivity index (χ2n) is 10.7. The van der Waals surface area contributed by atoms with Gasteiger partial charge in [0.15, 0.2) is 5.78 Å². The number of ketones is 1. The van der Waals surface area contributed by atoms with Crippen molar-refractivity contribution in [3.8, 4) is 0 Å². The summed E-state index contributed by atoms with van der Waals surface area (Å²) < 4.78 is 5.26. The van der Waals surface area contributed by atoms with Gasteiger partial charge in [-0.25, -0.2) is 0 Å². The Morgan fingerprint density at radius 1 is 1.21 bits per heavy atom. The normalized spacial score (nSPS) is 46.4. The molecule has 0 radical (unpaired) electrons. The Balaban J connectivity index is 1.63. The topological polar surface area (TPSA) is 63.6 Å². The monoisotopic (exact) mass is 402 g/mol. The highest BCUT2D eigenvalue weighted by atomic mass is 16.5. The molecule has 4 aliphatic rings. The van der Waals surface area contributed by atoms with E-state index in [9.17, 15) is 14.7 Å². The number of carbonyl (C=O) groups is 2. The van der Waals surface area contributed by atoms with E-state index >= 15 is 0 Å². The molecule has 3 saturated carbocycles. The molecule has 0 aliphatic heterocycles. The third kappa shape index (κ3) is 3.21. The molecule has 3 fully saturated rings. The van der Waals surface area contributed by atoms with Gasteiger partial charge in [0.1, 0.15) is 0 Å². The van der Waals surface area contributed by atoms with E-state index in [0.29, 0.717) is 36.7 Å². The van der Waals surface area contributed by atoms with Crippen LogP contribution in [0.3, 0.4) is 0 Å². The minimum absolute atomic E-state index is 0.0651. The predicted octanol–water partition coefficient (Wildman–Crippen LogP) is 4.69. The summed E-state index contributed by atoms with van der Waals surface area (Å²) in [5.41, 5.74) is 1.54. The molecule has 4 aliphatic carbocycles. The first-order valence-corrected chi connectivity index (χ1v) is 11.8. The molecule has 0 aromatic heterocycles. The van der Waals surface area contributed by atoms with Crippen LogP contribution in [0.15, 0.2) is 11.6 Å². The van der Waals surface area contributed by atoms with Gasteiger partial charge < -0.3 is 9.84 Å². The minimum Gasteiger partial charge on any atom is -0.466 e. The average Bonchev–Trinajstić information content (AvgIpc) is 3.00. The van der Waals surface area contributed by atoms with Crippen LogP contribution in [0.5, 0.6) is 0 Å². The lowest BCUT2D eigenvalue weighted by Gasteiger charge is -2.61. The maximum absolute atomic E-state index is 12.2. The lowest BCUT2D eigenvalue weighted by molar-refractivity contribution is -0.143. The molecule has 0 bridgehead atoms. The summed E-state index contributed by atoms with van der Waals surface area (Å²) in [5.74, 6) is 2.07. The first-order valence-electron chi connectivity index (χ1n) is 11.8. The van der Waals surface area contributed by atoms with E-state index in [0.717, 1.165) is 25.7 Å². The second kappa shape index (κ2) is 7.51. The molecule has 29 heavy (non-hydrogen) atoms. The van der Waals surface area contributed by atoms with Gasteiger partial charge in [0, 0.05) is 19.3 Å². The van der Waals surface area contributed by atoms with Crippen LogP contribution in [0, 0.1) is 40.4 Å². The number of aliphatic hydroxyl groups excluding tert-OH is 1. The lowest BCUT2D eigenvalue weighted by Crippen LogP contribution is -2.58. The van der Waals surface area contributed by atoms with Gasteiger partial charge in [-0.3, -0.25) is 9.59 Å². The van der Waals surface area contributed by atoms with Crippen molar-refractivity contribution in [3.05, 3.63) is 11.6 Å². The highest BCUT2D eigenvalue weighted by molar-refractivity contribution is 5.91. The third-order valence-electron chi connectivity index (χ3n) is 9.63. The van der Waals surface area contributed by atoms with Crippen LogP contribution >= 0.6 is 0 Å². The van der Waals surface area contributed by atoms with Crippen molar-refractivity contribution in [2.24, 2.45) is 40.4 Å². The van der Waals surface area contributed by atoms with Crippen molar-refractivity contribution in [1.82, 2.24) is 0 Å². The Labute approximate surface area is 175 Å². The molecule has 8 atom stereocenters. The first-order chi connectivity index (χ1) is 13.7. The van der Waals surface area contributed by atoms with E-state index in [1.54, 1.807) is 0 Å². The molecule has 0 heterocycles. The Bertz CT molecular complexity index is 712. The Morgan fingerprint density at radius 2 is 1.97 bits per heavy atom. The number of hydrogen-bond donors (Lipinski definition) is 1. The smallest absolute Gasteiger partial charge is 0.302 e. The van der Waals surface area contributed by atoms with Crippen LogP contribution < -0.4 is 0 Å². The number of rotatable bonds is 4. The standard InChI is InChI=1S/C25H38O4/c1-5-18-21-14-17(27)8-11-25(21,4)20-9-12-24(3)16(10-13-29-15(2)26)6-7-19(24)22(20)23(18)28/h14,16,18-20,22-23,28H,5-13H2,1-4H3/t16-,18-,19?,20?,22?,23+,24-,25-/m1/s1. The summed E-state index contributed by atoms with van der Waals surface area (Å²) in [6.45, 7) is 8.98. The van der Waals surface area contributed by atoms with Crippen molar-refractivity contribution >= 4 is 11.8 Å². The van der Waals surface area contributed by atoms with E-state index in [2.05, 4.69) is 20.8 Å². The molecule has 0 aromatic carbocycles. The van der Waals surface area contributed by atoms with E-state index in [4.69, 9.17) is 4.74 Å². The maximum atomic E-state index is 12.2. The van der Waals surface area contributed by atoms with E-state index in [1.165, 1.54) is 31.8 Å². The fraction of sp³-hybridized carbons (Fsp3) is 0.840. The molecule has 4 nitrogen and oxygen atoms in total. The van der Waals surface area contributed by atoms with Gasteiger partial charge in [0.05, 0.1) is 12.7 Å². The van der Waals surface area contributed by atoms with E-state index in [-0.39, 0.29) is 34.6 Å². The third-order valence-corrected chi connectivity index (χ3v) is 9.63.